The van der Waals surface area contributed by atoms with Crippen LogP contribution in [0.25, 0.3) is 87.6 Å². The summed E-state index contributed by atoms with van der Waals surface area (Å²) in [7, 11) is 0. The Hall–Kier alpha value is -6.58. The van der Waals surface area contributed by atoms with Crippen LogP contribution in [0.15, 0.2) is 303 Å². The normalized spacial score (nSPS) is 10.3. The van der Waals surface area contributed by atoms with Crippen LogP contribution in [0.2, 0.25) is 13.1 Å². The third-order valence-electron chi connectivity index (χ3n) is 15.6. The number of benzene rings is 10. The van der Waals surface area contributed by atoms with E-state index in [0.717, 1.165) is 25.7 Å². The van der Waals surface area contributed by atoms with Gasteiger partial charge in [0.15, 0.2) is 0 Å². The average molecular weight is 1370 g/mol. The largest absolute Gasteiger partial charge is 1.00 e. The number of aryl methyl sites for hydroxylation is 4. The molecule has 436 valence electrons. The minimum atomic E-state index is -0.122. The van der Waals surface area contributed by atoms with Crippen LogP contribution < -0.4 is 35.2 Å². The van der Waals surface area contributed by atoms with E-state index in [1.54, 1.807) is 57.0 Å². The Morgan fingerprint density at radius 3 is 0.625 bits per heavy atom. The number of rotatable bonds is 10. The van der Waals surface area contributed by atoms with Crippen molar-refractivity contribution in [3.8, 4) is 44.5 Å². The Labute approximate surface area is 566 Å². The molecular weight excluding hydrogens is 1290 g/mol. The summed E-state index contributed by atoms with van der Waals surface area (Å²) < 4.78 is 0. The minimum absolute atomic E-state index is 0. The van der Waals surface area contributed by atoms with Crippen LogP contribution in [0.5, 0.6) is 0 Å². The van der Waals surface area contributed by atoms with E-state index in [1.807, 2.05) is 0 Å². The Morgan fingerprint density at radius 2 is 0.455 bits per heavy atom. The summed E-state index contributed by atoms with van der Waals surface area (Å²) >= 11 is 3.38. The van der Waals surface area contributed by atoms with E-state index in [4.69, 9.17) is 0 Å². The maximum atomic E-state index is 2.35. The standard InChI is InChI=1S/4C17H15.2C7H8Si.2ClH.2Zr/c4*1-2-13-11-15-9-6-10-16(17(15)12-13)14-7-4-3-5-8-14;2*1-8-7-5-3-2-4-6-7;;;;/h4*3-12H,2H2,1H3;2*2-6H,1H3;2*1H;;/q4*-1;;;;;2*+2/p-2. The molecule has 88 heavy (non-hydrogen) atoms. The molecule has 0 heterocycles. The fraction of sp³-hybridized carbons (Fsp3) is 0.122. The maximum Gasteiger partial charge on any atom is -1.00 e. The molecule has 0 amide bonds. The molecule has 0 saturated heterocycles. The number of hydrogen-bond donors (Lipinski definition) is 0. The van der Waals surface area contributed by atoms with Crippen LogP contribution in [0, 0.1) is 0 Å². The van der Waals surface area contributed by atoms with Gasteiger partial charge in [0.05, 0.1) is 0 Å². The van der Waals surface area contributed by atoms with Crippen LogP contribution in [-0.2, 0) is 72.4 Å². The molecule has 6 heteroatoms. The zero-order valence-electron chi connectivity index (χ0n) is 51.5. The third kappa shape index (κ3) is 18.7. The summed E-state index contributed by atoms with van der Waals surface area (Å²) in [4.78, 5) is 0. The van der Waals surface area contributed by atoms with Gasteiger partial charge in [-0.05, 0) is 47.9 Å². The van der Waals surface area contributed by atoms with Gasteiger partial charge >= 0.3 is 142 Å². The Kier molecular flexibility index (Phi) is 27.8. The molecule has 14 aromatic rings. The molecule has 0 spiro atoms. The van der Waals surface area contributed by atoms with E-state index in [-0.39, 0.29) is 35.7 Å². The van der Waals surface area contributed by atoms with Crippen LogP contribution in [0.1, 0.15) is 49.9 Å². The van der Waals surface area contributed by atoms with Crippen molar-refractivity contribution in [2.45, 2.75) is 66.5 Å². The average Bonchev–Trinajstić information content (AvgIpc) is 4.27. The fourth-order valence-electron chi connectivity index (χ4n) is 10.9. The van der Waals surface area contributed by atoms with Gasteiger partial charge in [0.25, 0.3) is 0 Å². The van der Waals surface area contributed by atoms with Crippen molar-refractivity contribution < 1.29 is 71.5 Å². The molecular formula is C82H76Cl2Si2Zr2-2. The predicted molar refractivity (Wildman–Crippen MR) is 373 cm³/mol. The smallest absolute Gasteiger partial charge is 1.00 e. The zero-order valence-corrected chi connectivity index (χ0v) is 59.9. The molecule has 0 bridgehead atoms. The van der Waals surface area contributed by atoms with E-state index in [9.17, 15) is 0 Å². The molecule has 0 atom stereocenters. The molecule has 0 saturated carbocycles. The van der Waals surface area contributed by atoms with E-state index >= 15 is 0 Å². The van der Waals surface area contributed by atoms with Crippen molar-refractivity contribution in [1.29, 1.82) is 0 Å². The summed E-state index contributed by atoms with van der Waals surface area (Å²) in [6.45, 7) is 13.5. The predicted octanol–water partition coefficient (Wildman–Crippen LogP) is 15.3. The molecule has 0 aliphatic rings. The van der Waals surface area contributed by atoms with Crippen LogP contribution in [0.4, 0.5) is 0 Å². The van der Waals surface area contributed by atoms with Crippen molar-refractivity contribution in [2.75, 3.05) is 0 Å². The van der Waals surface area contributed by atoms with Crippen molar-refractivity contribution in [3.63, 3.8) is 0 Å². The van der Waals surface area contributed by atoms with Gasteiger partial charge in [-0.2, -0.15) is 24.3 Å². The molecule has 14 rings (SSSR count). The Balaban J connectivity index is 0.000000153. The van der Waals surface area contributed by atoms with E-state index in [2.05, 4.69) is 344 Å². The number of hydrogen-bond acceptors (Lipinski definition) is 0. The second kappa shape index (κ2) is 35.6. The zero-order chi connectivity index (χ0) is 60.0. The second-order valence-corrected chi connectivity index (χ2v) is 36.3. The molecule has 0 unspecified atom stereocenters. The second-order valence-electron chi connectivity index (χ2n) is 21.5. The number of fused-ring (bicyclic) bond motifs is 4. The molecule has 0 fully saturated rings. The summed E-state index contributed by atoms with van der Waals surface area (Å²) in [5, 5.41) is 14.0. The summed E-state index contributed by atoms with van der Waals surface area (Å²) in [5.74, 6) is 0. The van der Waals surface area contributed by atoms with Crippen LogP contribution in [0.3, 0.4) is 0 Å². The van der Waals surface area contributed by atoms with Crippen molar-refractivity contribution in [2.24, 2.45) is 0 Å². The summed E-state index contributed by atoms with van der Waals surface area (Å²) in [6.07, 6.45) is 4.40. The van der Waals surface area contributed by atoms with E-state index in [0.29, 0.717) is 0 Å². The molecule has 0 N–H and O–H groups in total. The van der Waals surface area contributed by atoms with Crippen molar-refractivity contribution in [3.05, 3.63) is 326 Å². The van der Waals surface area contributed by atoms with Gasteiger partial charge < -0.3 is 24.8 Å². The fourth-order valence-corrected chi connectivity index (χ4v) is 14.7. The van der Waals surface area contributed by atoms with Crippen molar-refractivity contribution in [1.82, 2.24) is 0 Å². The first kappa shape index (κ1) is 68.9. The maximum absolute atomic E-state index is 2.35. The monoisotopic (exact) mass is 1370 g/mol. The summed E-state index contributed by atoms with van der Waals surface area (Å²) in [5.41, 5.74) is 16.0. The molecule has 0 aliphatic carbocycles. The first-order chi connectivity index (χ1) is 42.1. The van der Waals surface area contributed by atoms with Gasteiger partial charge in [0, 0.05) is 0 Å². The van der Waals surface area contributed by atoms with Crippen LogP contribution >= 0.6 is 0 Å². The Bertz CT molecular complexity index is 3850. The van der Waals surface area contributed by atoms with Crippen molar-refractivity contribution >= 4 is 64.3 Å². The minimum Gasteiger partial charge on any atom is -1.00 e. The first-order valence-electron chi connectivity index (χ1n) is 30.3. The molecule has 0 aromatic heterocycles. The molecule has 0 aliphatic heterocycles. The van der Waals surface area contributed by atoms with Gasteiger partial charge in [-0.1, -0.05) is 196 Å². The van der Waals surface area contributed by atoms with Gasteiger partial charge in [-0.15, -0.1) is 138 Å². The van der Waals surface area contributed by atoms with Gasteiger partial charge in [0.1, 0.15) is 0 Å². The molecule has 0 nitrogen and oxygen atoms in total. The number of halogens is 2. The van der Waals surface area contributed by atoms with Gasteiger partial charge in [0.2, 0.25) is 0 Å². The van der Waals surface area contributed by atoms with E-state index in [1.165, 1.54) is 110 Å². The van der Waals surface area contributed by atoms with Crippen LogP contribution in [-0.4, -0.2) is 10.9 Å². The Morgan fingerprint density at radius 1 is 0.261 bits per heavy atom. The van der Waals surface area contributed by atoms with Gasteiger partial charge in [-0.25, -0.2) is 0 Å². The molecule has 14 aromatic carbocycles. The quantitative estimate of drug-likeness (QED) is 0.0946. The van der Waals surface area contributed by atoms with E-state index < -0.39 is 0 Å². The first-order valence-corrected chi connectivity index (χ1v) is 41.7. The third-order valence-corrected chi connectivity index (χ3v) is 22.3. The topological polar surface area (TPSA) is 0 Å². The van der Waals surface area contributed by atoms with Gasteiger partial charge in [-0.3, -0.25) is 0 Å². The summed E-state index contributed by atoms with van der Waals surface area (Å²) in [6, 6.07) is 109. The molecule has 0 radical (unpaired) electrons. The SMILES string of the molecule is CCc1cc2c(-c3ccccc3)cccc2[cH-]1.CCc1cc2c(-c3ccccc3)cccc2[cH-]1.CCc1cc2c(-c3ccccc3)cccc2[cH-]1.CCc1cc2c(-c3ccccc3)cccc2[cH-]1.C[Si](=[Zr+2])c1ccccc1.C[Si](=[Zr+2])c1ccccc1.[Cl-].[Cl-].